The fourth-order valence-electron chi connectivity index (χ4n) is 2.97. The molecule has 5 nitrogen and oxygen atoms in total. The molecule has 0 atom stereocenters. The lowest BCUT2D eigenvalue weighted by atomic mass is 10.2. The number of hydrogen-bond acceptors (Lipinski definition) is 3. The maximum atomic E-state index is 14.1. The van der Waals surface area contributed by atoms with E-state index in [4.69, 9.17) is 11.6 Å². The summed E-state index contributed by atoms with van der Waals surface area (Å²) in [4.78, 5) is 13.5. The summed E-state index contributed by atoms with van der Waals surface area (Å²) in [6, 6.07) is 9.02. The lowest BCUT2D eigenvalue weighted by Crippen LogP contribution is -2.37. The standard InChI is InChI=1S/C18H17ClF2N2O3S/c19-13-6-7-17(16(21)12-13)27(25,26)23-9-3-8-22(10-11-23)18(24)14-4-1-2-5-15(14)20/h1-2,4-7,12H,3,8-11H2. The highest BCUT2D eigenvalue weighted by Crippen LogP contribution is 2.24. The van der Waals surface area contributed by atoms with Crippen molar-refractivity contribution in [2.45, 2.75) is 11.3 Å². The molecule has 1 aliphatic heterocycles. The molecule has 27 heavy (non-hydrogen) atoms. The largest absolute Gasteiger partial charge is 0.337 e. The first-order chi connectivity index (χ1) is 12.8. The van der Waals surface area contributed by atoms with Crippen molar-refractivity contribution in [3.63, 3.8) is 0 Å². The van der Waals surface area contributed by atoms with Crippen LogP contribution in [0, 0.1) is 11.6 Å². The summed E-state index contributed by atoms with van der Waals surface area (Å²) in [7, 11) is -4.07. The lowest BCUT2D eigenvalue weighted by molar-refractivity contribution is 0.0759. The van der Waals surface area contributed by atoms with Gasteiger partial charge in [0, 0.05) is 31.2 Å². The normalized spacial score (nSPS) is 16.2. The van der Waals surface area contributed by atoms with Gasteiger partial charge >= 0.3 is 0 Å². The van der Waals surface area contributed by atoms with Crippen LogP contribution >= 0.6 is 11.6 Å². The second kappa shape index (κ2) is 7.92. The van der Waals surface area contributed by atoms with Crippen molar-refractivity contribution in [1.82, 2.24) is 9.21 Å². The summed E-state index contributed by atoms with van der Waals surface area (Å²) >= 11 is 5.68. The number of sulfonamides is 1. The first-order valence-electron chi connectivity index (χ1n) is 8.30. The number of carbonyl (C=O) groups is 1. The first-order valence-corrected chi connectivity index (χ1v) is 10.1. The first kappa shape index (κ1) is 19.7. The molecule has 9 heteroatoms. The average Bonchev–Trinajstić information content (AvgIpc) is 2.88. The van der Waals surface area contributed by atoms with Crippen molar-refractivity contribution in [2.75, 3.05) is 26.2 Å². The molecule has 0 radical (unpaired) electrons. The van der Waals surface area contributed by atoms with Gasteiger partial charge in [0.1, 0.15) is 16.5 Å². The average molecular weight is 415 g/mol. The number of nitrogens with zero attached hydrogens (tertiary/aromatic N) is 2. The third kappa shape index (κ3) is 4.12. The highest BCUT2D eigenvalue weighted by atomic mass is 35.5. The maximum absolute atomic E-state index is 14.1. The van der Waals surface area contributed by atoms with Crippen LogP contribution in [0.3, 0.4) is 0 Å². The van der Waals surface area contributed by atoms with E-state index in [1.807, 2.05) is 0 Å². The monoisotopic (exact) mass is 414 g/mol. The van der Waals surface area contributed by atoms with E-state index in [0.717, 1.165) is 16.4 Å². The smallest absolute Gasteiger partial charge is 0.256 e. The fourth-order valence-corrected chi connectivity index (χ4v) is 4.64. The Hall–Kier alpha value is -2.03. The van der Waals surface area contributed by atoms with E-state index in [1.165, 1.54) is 29.2 Å². The third-order valence-corrected chi connectivity index (χ3v) is 6.53. The SMILES string of the molecule is O=C(c1ccccc1F)N1CCCN(S(=O)(=O)c2ccc(Cl)cc2F)CC1. The molecule has 144 valence electrons. The van der Waals surface area contributed by atoms with E-state index in [-0.39, 0.29) is 36.8 Å². The lowest BCUT2D eigenvalue weighted by Gasteiger charge is -2.22. The maximum Gasteiger partial charge on any atom is 0.256 e. The zero-order valence-corrected chi connectivity index (χ0v) is 15.8. The van der Waals surface area contributed by atoms with Crippen molar-refractivity contribution >= 4 is 27.5 Å². The summed E-state index contributed by atoms with van der Waals surface area (Å²) in [5.74, 6) is -2.05. The Kier molecular flexibility index (Phi) is 5.78. The number of carbonyl (C=O) groups excluding carboxylic acids is 1. The fraction of sp³-hybridized carbons (Fsp3) is 0.278. The Morgan fingerprint density at radius 1 is 0.963 bits per heavy atom. The molecule has 2 aromatic carbocycles. The molecule has 0 spiro atoms. The van der Waals surface area contributed by atoms with Gasteiger partial charge in [0.15, 0.2) is 0 Å². The second-order valence-corrected chi connectivity index (χ2v) is 8.45. The van der Waals surface area contributed by atoms with Gasteiger partial charge in [0.25, 0.3) is 5.91 Å². The zero-order valence-electron chi connectivity index (χ0n) is 14.2. The van der Waals surface area contributed by atoms with Crippen LogP contribution in [0.25, 0.3) is 0 Å². The molecule has 0 aromatic heterocycles. The van der Waals surface area contributed by atoms with Gasteiger partial charge in [-0.3, -0.25) is 4.79 Å². The van der Waals surface area contributed by atoms with E-state index in [2.05, 4.69) is 0 Å². The van der Waals surface area contributed by atoms with Crippen molar-refractivity contribution in [3.8, 4) is 0 Å². The number of halogens is 3. The van der Waals surface area contributed by atoms with Crippen molar-refractivity contribution in [3.05, 3.63) is 64.7 Å². The summed E-state index contributed by atoms with van der Waals surface area (Å²) in [5, 5.41) is 0.101. The molecule has 0 aliphatic carbocycles. The predicted octanol–water partition coefficient (Wildman–Crippen LogP) is 3.16. The Balaban J connectivity index is 1.78. The molecule has 1 saturated heterocycles. The second-order valence-electron chi connectivity index (χ2n) is 6.10. The topological polar surface area (TPSA) is 57.7 Å². The number of benzene rings is 2. The molecule has 0 unspecified atom stereocenters. The molecule has 2 aromatic rings. The molecule has 1 heterocycles. The molecule has 1 amide bonds. The van der Waals surface area contributed by atoms with Crippen LogP contribution in [-0.4, -0.2) is 49.7 Å². The summed E-state index contributed by atoms with van der Waals surface area (Å²) in [6.07, 6.45) is 0.356. The molecular formula is C18H17ClF2N2O3S. The minimum atomic E-state index is -4.07. The minimum Gasteiger partial charge on any atom is -0.337 e. The highest BCUT2D eigenvalue weighted by molar-refractivity contribution is 7.89. The molecule has 0 bridgehead atoms. The molecule has 0 N–H and O–H groups in total. The van der Waals surface area contributed by atoms with E-state index in [9.17, 15) is 22.0 Å². The number of amides is 1. The Bertz CT molecular complexity index is 969. The quantitative estimate of drug-likeness (QED) is 0.775. The summed E-state index contributed by atoms with van der Waals surface area (Å²) < 4.78 is 54.6. The van der Waals surface area contributed by atoms with Crippen LogP contribution in [0.1, 0.15) is 16.8 Å². The third-order valence-electron chi connectivity index (χ3n) is 4.36. The van der Waals surface area contributed by atoms with E-state index >= 15 is 0 Å². The van der Waals surface area contributed by atoms with Gasteiger partial charge in [0.05, 0.1) is 5.56 Å². The Morgan fingerprint density at radius 2 is 1.70 bits per heavy atom. The van der Waals surface area contributed by atoms with Gasteiger partial charge in [-0.1, -0.05) is 23.7 Å². The van der Waals surface area contributed by atoms with Crippen LogP contribution in [0.4, 0.5) is 8.78 Å². The molecule has 1 fully saturated rings. The molecule has 0 saturated carbocycles. The Labute approximate surface area is 161 Å². The van der Waals surface area contributed by atoms with Crippen molar-refractivity contribution < 1.29 is 22.0 Å². The summed E-state index contributed by atoms with van der Waals surface area (Å²) in [5.41, 5.74) is -0.0578. The zero-order chi connectivity index (χ0) is 19.6. The van der Waals surface area contributed by atoms with E-state index in [1.54, 1.807) is 6.07 Å². The van der Waals surface area contributed by atoms with Gasteiger partial charge in [-0.2, -0.15) is 4.31 Å². The van der Waals surface area contributed by atoms with E-state index < -0.39 is 32.5 Å². The minimum absolute atomic E-state index is 0.00933. The van der Waals surface area contributed by atoms with E-state index in [0.29, 0.717) is 6.42 Å². The van der Waals surface area contributed by atoms with Gasteiger partial charge in [-0.25, -0.2) is 17.2 Å². The molecular weight excluding hydrogens is 398 g/mol. The molecule has 1 aliphatic rings. The van der Waals surface area contributed by atoms with Crippen LogP contribution in [0.2, 0.25) is 5.02 Å². The van der Waals surface area contributed by atoms with Crippen molar-refractivity contribution in [1.29, 1.82) is 0 Å². The highest BCUT2D eigenvalue weighted by Gasteiger charge is 2.31. The van der Waals surface area contributed by atoms with Gasteiger partial charge in [0.2, 0.25) is 10.0 Å². The molecule has 3 rings (SSSR count). The van der Waals surface area contributed by atoms with Crippen molar-refractivity contribution in [2.24, 2.45) is 0 Å². The van der Waals surface area contributed by atoms with Gasteiger partial charge in [-0.05, 0) is 36.8 Å². The summed E-state index contributed by atoms with van der Waals surface area (Å²) in [6.45, 7) is 0.486. The number of rotatable bonds is 3. The van der Waals surface area contributed by atoms with Crippen LogP contribution in [0.5, 0.6) is 0 Å². The van der Waals surface area contributed by atoms with Gasteiger partial charge < -0.3 is 4.90 Å². The Morgan fingerprint density at radius 3 is 2.41 bits per heavy atom. The van der Waals surface area contributed by atoms with Gasteiger partial charge in [-0.15, -0.1) is 0 Å². The van der Waals surface area contributed by atoms with Crippen LogP contribution < -0.4 is 0 Å². The van der Waals surface area contributed by atoms with Crippen LogP contribution in [0.15, 0.2) is 47.4 Å². The van der Waals surface area contributed by atoms with Crippen LogP contribution in [-0.2, 0) is 10.0 Å². The predicted molar refractivity (Wildman–Crippen MR) is 97.1 cm³/mol. The number of hydrogen-bond donors (Lipinski definition) is 0.